The molecule has 1 heterocycles. The van der Waals surface area contributed by atoms with E-state index in [0.717, 1.165) is 51.8 Å². The van der Waals surface area contributed by atoms with Crippen molar-refractivity contribution < 1.29 is 9.53 Å². The first kappa shape index (κ1) is 17.7. The van der Waals surface area contributed by atoms with E-state index in [4.69, 9.17) is 4.74 Å². The average Bonchev–Trinajstić information content (AvgIpc) is 2.57. The molecular formula is C20H29NO2. The van der Waals surface area contributed by atoms with E-state index < -0.39 is 0 Å². The van der Waals surface area contributed by atoms with Crippen molar-refractivity contribution in [1.82, 2.24) is 4.90 Å². The fraction of sp³-hybridized carbons (Fsp3) is 0.550. The molecule has 0 unspecified atom stereocenters. The number of rotatable bonds is 11. The molecule has 0 spiro atoms. The Morgan fingerprint density at radius 1 is 1.30 bits per heavy atom. The smallest absolute Gasteiger partial charge is 0.230 e. The fourth-order valence-corrected chi connectivity index (χ4v) is 2.97. The molecule has 1 saturated heterocycles. The lowest BCUT2D eigenvalue weighted by atomic mass is 9.93. The number of β-lactam (4-membered cyclic amide) rings is 1. The van der Waals surface area contributed by atoms with Gasteiger partial charge in [-0.1, -0.05) is 36.4 Å². The van der Waals surface area contributed by atoms with Gasteiger partial charge in [0.1, 0.15) is 0 Å². The summed E-state index contributed by atoms with van der Waals surface area (Å²) >= 11 is 0. The molecule has 0 saturated carbocycles. The standard InChI is InChI=1S/C20H29NO2/c1-3-4-9-14-21-16-19(20(21)22)17(2)23-15-10-8-13-18-11-6-5-7-12-18/h3,5-7,11-12,17,19H,1,4,8-10,13-16H2,2H3/t17-,19+/m1/s1. The molecule has 126 valence electrons. The van der Waals surface area contributed by atoms with Gasteiger partial charge in [-0.2, -0.15) is 0 Å². The van der Waals surface area contributed by atoms with Crippen molar-refractivity contribution in [2.75, 3.05) is 19.7 Å². The van der Waals surface area contributed by atoms with E-state index >= 15 is 0 Å². The van der Waals surface area contributed by atoms with Crippen LogP contribution >= 0.6 is 0 Å². The molecule has 1 aromatic rings. The second-order valence-corrected chi connectivity index (χ2v) is 6.34. The lowest BCUT2D eigenvalue weighted by Crippen LogP contribution is -2.57. The average molecular weight is 315 g/mol. The van der Waals surface area contributed by atoms with Gasteiger partial charge in [-0.15, -0.1) is 6.58 Å². The molecule has 0 N–H and O–H groups in total. The predicted octanol–water partition coefficient (Wildman–Crippen LogP) is 3.84. The van der Waals surface area contributed by atoms with Crippen molar-refractivity contribution in [2.24, 2.45) is 5.92 Å². The first-order valence-electron chi connectivity index (χ1n) is 8.77. The summed E-state index contributed by atoms with van der Waals surface area (Å²) < 4.78 is 5.86. The van der Waals surface area contributed by atoms with Crippen molar-refractivity contribution in [2.45, 2.75) is 45.1 Å². The predicted molar refractivity (Wildman–Crippen MR) is 94.3 cm³/mol. The van der Waals surface area contributed by atoms with E-state index in [-0.39, 0.29) is 17.9 Å². The minimum Gasteiger partial charge on any atom is -0.378 e. The van der Waals surface area contributed by atoms with Gasteiger partial charge < -0.3 is 9.64 Å². The van der Waals surface area contributed by atoms with Gasteiger partial charge in [-0.3, -0.25) is 4.79 Å². The number of benzene rings is 1. The lowest BCUT2D eigenvalue weighted by Gasteiger charge is -2.41. The summed E-state index contributed by atoms with van der Waals surface area (Å²) in [5.74, 6) is 0.318. The molecule has 23 heavy (non-hydrogen) atoms. The van der Waals surface area contributed by atoms with Crippen LogP contribution < -0.4 is 0 Å². The molecule has 2 atom stereocenters. The summed E-state index contributed by atoms with van der Waals surface area (Å²) in [5, 5.41) is 0. The molecule has 1 aliphatic rings. The van der Waals surface area contributed by atoms with E-state index in [1.807, 2.05) is 24.0 Å². The number of hydrogen-bond acceptors (Lipinski definition) is 2. The van der Waals surface area contributed by atoms with Crippen molar-refractivity contribution in [3.63, 3.8) is 0 Å². The van der Waals surface area contributed by atoms with Crippen LogP contribution in [0.4, 0.5) is 0 Å². The van der Waals surface area contributed by atoms with Gasteiger partial charge in [0.25, 0.3) is 0 Å². The number of carbonyl (C=O) groups excluding carboxylic acids is 1. The highest BCUT2D eigenvalue weighted by Crippen LogP contribution is 2.23. The number of allylic oxidation sites excluding steroid dienone is 1. The molecule has 0 radical (unpaired) electrons. The first-order valence-corrected chi connectivity index (χ1v) is 8.77. The molecule has 0 aromatic heterocycles. The maximum Gasteiger partial charge on any atom is 0.230 e. The molecule has 1 amide bonds. The van der Waals surface area contributed by atoms with Crippen molar-refractivity contribution >= 4 is 5.91 Å². The Balaban J connectivity index is 1.54. The maximum atomic E-state index is 12.1. The Bertz CT molecular complexity index is 486. The minimum atomic E-state index is 0.0369. The summed E-state index contributed by atoms with van der Waals surface area (Å²) in [6.45, 7) is 8.18. The second kappa shape index (κ2) is 9.51. The molecule has 3 nitrogen and oxygen atoms in total. The van der Waals surface area contributed by atoms with Crippen LogP contribution in [0.15, 0.2) is 43.0 Å². The summed E-state index contributed by atoms with van der Waals surface area (Å²) in [7, 11) is 0. The summed E-state index contributed by atoms with van der Waals surface area (Å²) in [6, 6.07) is 10.5. The number of nitrogens with zero attached hydrogens (tertiary/aromatic N) is 1. The van der Waals surface area contributed by atoms with Gasteiger partial charge in [-0.25, -0.2) is 0 Å². The third kappa shape index (κ3) is 5.51. The molecule has 2 rings (SSSR count). The highest BCUT2D eigenvalue weighted by Gasteiger charge is 2.40. The monoisotopic (exact) mass is 315 g/mol. The number of ether oxygens (including phenoxy) is 1. The van der Waals surface area contributed by atoms with Crippen LogP contribution in [0.5, 0.6) is 0 Å². The third-order valence-electron chi connectivity index (χ3n) is 4.53. The molecule has 1 aromatic carbocycles. The number of unbranched alkanes of at least 4 members (excludes halogenated alkanes) is 2. The number of hydrogen-bond donors (Lipinski definition) is 0. The molecule has 0 aliphatic carbocycles. The maximum absolute atomic E-state index is 12.1. The highest BCUT2D eigenvalue weighted by molar-refractivity contribution is 5.85. The van der Waals surface area contributed by atoms with Crippen LogP contribution in [0, 0.1) is 5.92 Å². The Morgan fingerprint density at radius 3 is 2.78 bits per heavy atom. The SMILES string of the molecule is C=CCCCN1C[C@@H]([C@@H](C)OCCCCc2ccccc2)C1=O. The summed E-state index contributed by atoms with van der Waals surface area (Å²) in [6.07, 6.45) is 7.20. The van der Waals surface area contributed by atoms with Gasteiger partial charge in [0.2, 0.25) is 5.91 Å². The Kier molecular flexibility index (Phi) is 7.34. The van der Waals surface area contributed by atoms with E-state index in [9.17, 15) is 4.79 Å². The third-order valence-corrected chi connectivity index (χ3v) is 4.53. The zero-order valence-corrected chi connectivity index (χ0v) is 14.2. The molecule has 0 bridgehead atoms. The van der Waals surface area contributed by atoms with Crippen molar-refractivity contribution in [3.8, 4) is 0 Å². The molecule has 1 fully saturated rings. The number of amides is 1. The lowest BCUT2D eigenvalue weighted by molar-refractivity contribution is -0.156. The number of likely N-dealkylation sites (tertiary alicyclic amines) is 1. The molecule has 3 heteroatoms. The van der Waals surface area contributed by atoms with E-state index in [2.05, 4.69) is 30.8 Å². The zero-order chi connectivity index (χ0) is 16.5. The van der Waals surface area contributed by atoms with Gasteiger partial charge in [-0.05, 0) is 44.6 Å². The quantitative estimate of drug-likeness (QED) is 0.353. The van der Waals surface area contributed by atoms with Gasteiger partial charge in [0.15, 0.2) is 0 Å². The topological polar surface area (TPSA) is 29.5 Å². The van der Waals surface area contributed by atoms with Gasteiger partial charge in [0.05, 0.1) is 12.0 Å². The largest absolute Gasteiger partial charge is 0.378 e. The van der Waals surface area contributed by atoms with Crippen LogP contribution in [-0.4, -0.2) is 36.6 Å². The van der Waals surface area contributed by atoms with Gasteiger partial charge >= 0.3 is 0 Å². The first-order chi connectivity index (χ1) is 11.2. The van der Waals surface area contributed by atoms with E-state index in [1.54, 1.807) is 0 Å². The van der Waals surface area contributed by atoms with Crippen LogP contribution in [-0.2, 0) is 16.0 Å². The fourth-order valence-electron chi connectivity index (χ4n) is 2.97. The van der Waals surface area contributed by atoms with Gasteiger partial charge in [0, 0.05) is 19.7 Å². The van der Waals surface area contributed by atoms with Crippen LogP contribution in [0.3, 0.4) is 0 Å². The van der Waals surface area contributed by atoms with Crippen molar-refractivity contribution in [1.29, 1.82) is 0 Å². The normalized spacial score (nSPS) is 18.6. The van der Waals surface area contributed by atoms with Crippen LogP contribution in [0.1, 0.15) is 38.2 Å². The Morgan fingerprint density at radius 2 is 2.09 bits per heavy atom. The Hall–Kier alpha value is -1.61. The zero-order valence-electron chi connectivity index (χ0n) is 14.2. The van der Waals surface area contributed by atoms with Crippen LogP contribution in [0.2, 0.25) is 0 Å². The number of carbonyl (C=O) groups is 1. The Labute approximate surface area is 140 Å². The van der Waals surface area contributed by atoms with Crippen molar-refractivity contribution in [3.05, 3.63) is 48.6 Å². The van der Waals surface area contributed by atoms with Crippen LogP contribution in [0.25, 0.3) is 0 Å². The molecule has 1 aliphatic heterocycles. The summed E-state index contributed by atoms with van der Waals surface area (Å²) in [5.41, 5.74) is 1.38. The highest BCUT2D eigenvalue weighted by atomic mass is 16.5. The number of aryl methyl sites for hydroxylation is 1. The van der Waals surface area contributed by atoms with E-state index in [1.165, 1.54) is 5.56 Å². The second-order valence-electron chi connectivity index (χ2n) is 6.34. The molecular weight excluding hydrogens is 286 g/mol. The minimum absolute atomic E-state index is 0.0369. The summed E-state index contributed by atoms with van der Waals surface area (Å²) in [4.78, 5) is 14.0. The van der Waals surface area contributed by atoms with E-state index in [0.29, 0.717) is 0 Å².